The van der Waals surface area contributed by atoms with Crippen LogP contribution in [-0.2, 0) is 0 Å². The molecule has 0 saturated carbocycles. The molecule has 7 heteroatoms. The van der Waals surface area contributed by atoms with Gasteiger partial charge in [-0.05, 0) is 37.4 Å². The number of thiophene rings is 1. The fourth-order valence-corrected chi connectivity index (χ4v) is 4.30. The lowest BCUT2D eigenvalue weighted by molar-refractivity contribution is 0.0935. The molecule has 6 nitrogen and oxygen atoms in total. The summed E-state index contributed by atoms with van der Waals surface area (Å²) in [5.41, 5.74) is 0.432. The molecule has 1 amide bonds. The summed E-state index contributed by atoms with van der Waals surface area (Å²) in [4.78, 5) is 16.6. The maximum Gasteiger partial charge on any atom is 0.255 e. The van der Waals surface area contributed by atoms with Gasteiger partial charge in [-0.25, -0.2) is 0 Å². The van der Waals surface area contributed by atoms with E-state index in [9.17, 15) is 4.79 Å². The standard InChI is InChI=1S/C20H26N2O4S/c1-24-16-12-18(26-3)17(25-2)11-14(16)20(23)21-13-15(19-7-6-10-27-19)22-8-4-5-9-22/h6-7,10-12,15H,4-5,8-9,13H2,1-3H3,(H,21,23). The van der Waals surface area contributed by atoms with E-state index in [-0.39, 0.29) is 11.9 Å². The van der Waals surface area contributed by atoms with Gasteiger partial charge in [0.05, 0.1) is 32.9 Å². The van der Waals surface area contributed by atoms with Crippen molar-refractivity contribution in [2.24, 2.45) is 0 Å². The third kappa shape index (κ3) is 4.36. The van der Waals surface area contributed by atoms with Gasteiger partial charge < -0.3 is 19.5 Å². The van der Waals surface area contributed by atoms with Crippen molar-refractivity contribution in [1.29, 1.82) is 0 Å². The third-order valence-corrected chi connectivity index (χ3v) is 5.83. The number of carbonyl (C=O) groups excluding carboxylic acids is 1. The van der Waals surface area contributed by atoms with Crippen LogP contribution in [0.4, 0.5) is 0 Å². The summed E-state index contributed by atoms with van der Waals surface area (Å²) >= 11 is 1.73. The van der Waals surface area contributed by atoms with Crippen molar-refractivity contribution in [2.75, 3.05) is 41.0 Å². The molecule has 1 unspecified atom stereocenters. The van der Waals surface area contributed by atoms with Gasteiger partial charge in [0, 0.05) is 23.6 Å². The Kier molecular flexibility index (Phi) is 6.58. The molecule has 0 spiro atoms. The number of benzene rings is 1. The van der Waals surface area contributed by atoms with Crippen LogP contribution in [0.25, 0.3) is 0 Å². The Hall–Kier alpha value is -2.25. The van der Waals surface area contributed by atoms with Crippen LogP contribution in [0.1, 0.15) is 34.1 Å². The van der Waals surface area contributed by atoms with Crippen molar-refractivity contribution >= 4 is 17.2 Å². The predicted molar refractivity (Wildman–Crippen MR) is 106 cm³/mol. The lowest BCUT2D eigenvalue weighted by Crippen LogP contribution is -2.36. The molecule has 1 N–H and O–H groups in total. The molecule has 1 aliphatic rings. The van der Waals surface area contributed by atoms with Crippen LogP contribution >= 0.6 is 11.3 Å². The summed E-state index contributed by atoms with van der Waals surface area (Å²) in [6.45, 7) is 2.69. The summed E-state index contributed by atoms with van der Waals surface area (Å²) in [6, 6.07) is 7.72. The Morgan fingerprint density at radius 2 is 1.78 bits per heavy atom. The number of likely N-dealkylation sites (tertiary alicyclic amines) is 1. The summed E-state index contributed by atoms with van der Waals surface area (Å²) in [5, 5.41) is 5.16. The fourth-order valence-electron chi connectivity index (χ4n) is 3.44. The average Bonchev–Trinajstić information content (AvgIpc) is 3.41. The minimum absolute atomic E-state index is 0.187. The lowest BCUT2D eigenvalue weighted by atomic mass is 10.1. The van der Waals surface area contributed by atoms with Gasteiger partial charge in [-0.1, -0.05) is 6.07 Å². The molecule has 1 aliphatic heterocycles. The van der Waals surface area contributed by atoms with Crippen molar-refractivity contribution in [3.8, 4) is 17.2 Å². The number of rotatable bonds is 8. The van der Waals surface area contributed by atoms with E-state index in [1.165, 1.54) is 24.8 Å². The van der Waals surface area contributed by atoms with Crippen LogP contribution < -0.4 is 19.5 Å². The van der Waals surface area contributed by atoms with Crippen molar-refractivity contribution in [1.82, 2.24) is 10.2 Å². The summed E-state index contributed by atoms with van der Waals surface area (Å²) in [6.07, 6.45) is 2.42. The van der Waals surface area contributed by atoms with Crippen molar-refractivity contribution in [2.45, 2.75) is 18.9 Å². The number of ether oxygens (including phenoxy) is 3. The predicted octanol–water partition coefficient (Wildman–Crippen LogP) is 3.34. The molecule has 146 valence electrons. The second-order valence-corrected chi connectivity index (χ2v) is 7.37. The lowest BCUT2D eigenvalue weighted by Gasteiger charge is -2.27. The smallest absolute Gasteiger partial charge is 0.255 e. The van der Waals surface area contributed by atoms with E-state index in [2.05, 4.69) is 27.7 Å². The van der Waals surface area contributed by atoms with Gasteiger partial charge in [-0.15, -0.1) is 11.3 Å². The SMILES string of the molecule is COc1cc(OC)c(C(=O)NCC(c2cccs2)N2CCCC2)cc1OC. The minimum atomic E-state index is -0.187. The van der Waals surface area contributed by atoms with E-state index in [1.807, 2.05) is 0 Å². The van der Waals surface area contributed by atoms with Gasteiger partial charge in [0.1, 0.15) is 5.75 Å². The maximum absolute atomic E-state index is 12.9. The topological polar surface area (TPSA) is 60.0 Å². The van der Waals surface area contributed by atoms with Gasteiger partial charge >= 0.3 is 0 Å². The molecular formula is C20H26N2O4S. The molecular weight excluding hydrogens is 364 g/mol. The number of amides is 1. The van der Waals surface area contributed by atoms with Gasteiger partial charge in [-0.2, -0.15) is 0 Å². The first kappa shape index (κ1) is 19.5. The first-order valence-corrected chi connectivity index (χ1v) is 9.91. The zero-order valence-corrected chi connectivity index (χ0v) is 16.8. The number of methoxy groups -OCH3 is 3. The monoisotopic (exact) mass is 390 g/mol. The van der Waals surface area contributed by atoms with Crippen LogP contribution in [-0.4, -0.2) is 51.8 Å². The molecule has 2 heterocycles. The van der Waals surface area contributed by atoms with Crippen LogP contribution in [0.15, 0.2) is 29.6 Å². The highest BCUT2D eigenvalue weighted by Gasteiger charge is 2.25. The molecule has 0 aliphatic carbocycles. The van der Waals surface area contributed by atoms with Crippen LogP contribution in [0, 0.1) is 0 Å². The number of hydrogen-bond acceptors (Lipinski definition) is 6. The van der Waals surface area contributed by atoms with E-state index in [1.54, 1.807) is 37.7 Å². The molecule has 0 radical (unpaired) electrons. The van der Waals surface area contributed by atoms with Crippen LogP contribution in [0.5, 0.6) is 17.2 Å². The van der Waals surface area contributed by atoms with Gasteiger partial charge in [0.25, 0.3) is 5.91 Å². The molecule has 3 rings (SSSR count). The van der Waals surface area contributed by atoms with Gasteiger partial charge in [-0.3, -0.25) is 9.69 Å². The largest absolute Gasteiger partial charge is 0.496 e. The number of carbonyl (C=O) groups is 1. The highest BCUT2D eigenvalue weighted by molar-refractivity contribution is 7.10. The number of nitrogens with one attached hydrogen (secondary N) is 1. The molecule has 0 bridgehead atoms. The van der Waals surface area contributed by atoms with E-state index in [4.69, 9.17) is 14.2 Å². The van der Waals surface area contributed by atoms with Crippen LogP contribution in [0.2, 0.25) is 0 Å². The van der Waals surface area contributed by atoms with Crippen LogP contribution in [0.3, 0.4) is 0 Å². The molecule has 1 fully saturated rings. The van der Waals surface area contributed by atoms with E-state index in [0.717, 1.165) is 13.1 Å². The maximum atomic E-state index is 12.9. The second kappa shape index (κ2) is 9.10. The van der Waals surface area contributed by atoms with E-state index in [0.29, 0.717) is 29.4 Å². The quantitative estimate of drug-likeness (QED) is 0.749. The first-order valence-electron chi connectivity index (χ1n) is 9.03. The molecule has 1 aromatic carbocycles. The zero-order valence-electron chi connectivity index (χ0n) is 16.0. The highest BCUT2D eigenvalue weighted by atomic mass is 32.1. The Labute approximate surface area is 164 Å². The second-order valence-electron chi connectivity index (χ2n) is 6.39. The number of nitrogens with zero attached hydrogens (tertiary/aromatic N) is 1. The molecule has 2 aromatic rings. The van der Waals surface area contributed by atoms with E-state index < -0.39 is 0 Å². The van der Waals surface area contributed by atoms with Gasteiger partial charge in [0.15, 0.2) is 11.5 Å². The summed E-state index contributed by atoms with van der Waals surface area (Å²) < 4.78 is 16.0. The Balaban J connectivity index is 1.77. The highest BCUT2D eigenvalue weighted by Crippen LogP contribution is 2.35. The zero-order chi connectivity index (χ0) is 19.2. The fraction of sp³-hybridized carbons (Fsp3) is 0.450. The Bertz CT molecular complexity index is 758. The Morgan fingerprint density at radius 1 is 1.11 bits per heavy atom. The summed E-state index contributed by atoms with van der Waals surface area (Å²) in [5.74, 6) is 1.30. The van der Waals surface area contributed by atoms with E-state index >= 15 is 0 Å². The first-order chi connectivity index (χ1) is 13.2. The van der Waals surface area contributed by atoms with Crippen molar-refractivity contribution in [3.63, 3.8) is 0 Å². The van der Waals surface area contributed by atoms with Gasteiger partial charge in [0.2, 0.25) is 0 Å². The normalized spacial score (nSPS) is 15.4. The number of hydrogen-bond donors (Lipinski definition) is 1. The minimum Gasteiger partial charge on any atom is -0.496 e. The van der Waals surface area contributed by atoms with Crippen molar-refractivity contribution < 1.29 is 19.0 Å². The summed E-state index contributed by atoms with van der Waals surface area (Å²) in [7, 11) is 4.64. The molecule has 1 atom stereocenters. The molecule has 27 heavy (non-hydrogen) atoms. The molecule has 1 aromatic heterocycles. The third-order valence-electron chi connectivity index (χ3n) is 4.86. The van der Waals surface area contributed by atoms with Crippen molar-refractivity contribution in [3.05, 3.63) is 40.1 Å². The average molecular weight is 391 g/mol. The Morgan fingerprint density at radius 3 is 2.37 bits per heavy atom. The molecule has 1 saturated heterocycles.